The topological polar surface area (TPSA) is 63.6 Å². The summed E-state index contributed by atoms with van der Waals surface area (Å²) in [6, 6.07) is 16.1. The van der Waals surface area contributed by atoms with Crippen molar-refractivity contribution in [2.24, 2.45) is 5.92 Å². The predicted molar refractivity (Wildman–Crippen MR) is 176 cm³/mol. The number of carbonyl (C=O) groups is 2. The number of hydrogen-bond acceptors (Lipinski definition) is 3. The first-order valence-corrected chi connectivity index (χ1v) is 16.3. The van der Waals surface area contributed by atoms with Crippen LogP contribution in [-0.2, 0) is 15.0 Å². The van der Waals surface area contributed by atoms with Gasteiger partial charge in [-0.2, -0.15) is 0 Å². The van der Waals surface area contributed by atoms with Gasteiger partial charge < -0.3 is 9.84 Å². The Kier molecular flexibility index (Phi) is 13.6. The third-order valence-electron chi connectivity index (χ3n) is 8.16. The van der Waals surface area contributed by atoms with E-state index in [4.69, 9.17) is 4.74 Å². The number of carbonyl (C=O) groups excluding carboxylic acids is 1. The summed E-state index contributed by atoms with van der Waals surface area (Å²) in [7, 11) is 0. The first kappa shape index (κ1) is 33.4. The van der Waals surface area contributed by atoms with Crippen molar-refractivity contribution in [3.8, 4) is 5.75 Å². The quantitative estimate of drug-likeness (QED) is 0.0541. The molecule has 1 atom stereocenters. The highest BCUT2D eigenvalue weighted by molar-refractivity contribution is 6.08. The van der Waals surface area contributed by atoms with Crippen LogP contribution in [0.4, 0.5) is 0 Å². The zero-order valence-corrected chi connectivity index (χ0v) is 26.4. The van der Waals surface area contributed by atoms with Crippen molar-refractivity contribution in [2.45, 2.75) is 123 Å². The maximum atomic E-state index is 13.2. The molecule has 4 nitrogen and oxygen atoms in total. The van der Waals surface area contributed by atoms with Crippen molar-refractivity contribution >= 4 is 33.5 Å². The lowest BCUT2D eigenvalue weighted by molar-refractivity contribution is -0.145. The summed E-state index contributed by atoms with van der Waals surface area (Å²) < 4.78 is 6.05. The minimum absolute atomic E-state index is 0.163. The number of hydrogen-bond donors (Lipinski definition) is 1. The van der Waals surface area contributed by atoms with Gasteiger partial charge in [-0.1, -0.05) is 153 Å². The number of fused-ring (bicyclic) bond motifs is 2. The number of unbranched alkanes of at least 4 members (excludes halogenated alkanes) is 12. The Bertz CT molecular complexity index is 1310. The molecule has 0 bridgehead atoms. The molecule has 4 heteroatoms. The van der Waals surface area contributed by atoms with Crippen molar-refractivity contribution < 1.29 is 19.4 Å². The van der Waals surface area contributed by atoms with Crippen LogP contribution in [0.15, 0.2) is 60.7 Å². The second-order valence-corrected chi connectivity index (χ2v) is 12.8. The molecule has 1 N–H and O–H groups in total. The van der Waals surface area contributed by atoms with Gasteiger partial charge in [-0.3, -0.25) is 9.59 Å². The number of carboxylic acid groups (broad SMARTS) is 1. The van der Waals surface area contributed by atoms with E-state index in [0.717, 1.165) is 46.4 Å². The van der Waals surface area contributed by atoms with Crippen LogP contribution < -0.4 is 4.74 Å². The Hall–Kier alpha value is -3.14. The number of rotatable bonds is 18. The van der Waals surface area contributed by atoms with Gasteiger partial charge in [0.2, 0.25) is 0 Å². The van der Waals surface area contributed by atoms with Crippen LogP contribution >= 0.6 is 0 Å². The third-order valence-corrected chi connectivity index (χ3v) is 8.16. The molecule has 3 rings (SSSR count). The summed E-state index contributed by atoms with van der Waals surface area (Å²) in [5, 5.41) is 13.6. The lowest BCUT2D eigenvalue weighted by Gasteiger charge is -2.23. The van der Waals surface area contributed by atoms with E-state index < -0.39 is 17.9 Å². The minimum atomic E-state index is -1.00. The predicted octanol–water partition coefficient (Wildman–Crippen LogP) is 10.9. The van der Waals surface area contributed by atoms with E-state index >= 15 is 0 Å². The lowest BCUT2D eigenvalue weighted by Crippen LogP contribution is -2.20. The third kappa shape index (κ3) is 10.3. The zero-order valence-electron chi connectivity index (χ0n) is 26.4. The van der Waals surface area contributed by atoms with Gasteiger partial charge in [-0.15, -0.1) is 0 Å². The molecule has 42 heavy (non-hydrogen) atoms. The summed E-state index contributed by atoms with van der Waals surface area (Å²) in [5.41, 5.74) is 0.925. The van der Waals surface area contributed by atoms with Gasteiger partial charge in [0.05, 0.1) is 12.3 Å². The molecule has 0 saturated heterocycles. The Morgan fingerprint density at radius 3 is 2.02 bits per heavy atom. The second-order valence-electron chi connectivity index (χ2n) is 12.8. The Balaban J connectivity index is 1.54. The number of aliphatic carboxylic acids is 1. The largest absolute Gasteiger partial charge is 0.481 e. The van der Waals surface area contributed by atoms with Gasteiger partial charge in [0, 0.05) is 10.8 Å². The molecule has 0 aliphatic carbocycles. The maximum absolute atomic E-state index is 13.2. The molecule has 0 fully saturated rings. The average molecular weight is 573 g/mol. The first-order chi connectivity index (χ1) is 20.2. The molecule has 0 aliphatic heterocycles. The standard InChI is InChI=1S/C38H52O4/c1-5-6-7-8-9-10-11-12-13-14-15-16-17-18-23-31(37(40)41)28-34(39)42-36-32-25-20-19-22-29(32)27-30-24-21-26-33(35(30)36)38(2,3)4/h18-27,31H,5-17,28H2,1-4H3,(H,40,41). The van der Waals surface area contributed by atoms with Crippen LogP contribution in [0.1, 0.15) is 123 Å². The molecule has 0 amide bonds. The van der Waals surface area contributed by atoms with Crippen molar-refractivity contribution in [1.82, 2.24) is 0 Å². The second kappa shape index (κ2) is 17.1. The fourth-order valence-electron chi connectivity index (χ4n) is 5.74. The molecule has 0 spiro atoms. The minimum Gasteiger partial charge on any atom is -0.481 e. The molecule has 0 heterocycles. The van der Waals surface area contributed by atoms with Gasteiger partial charge in [0.1, 0.15) is 5.75 Å². The molecule has 0 aliphatic rings. The van der Waals surface area contributed by atoms with Gasteiger partial charge in [0.25, 0.3) is 0 Å². The summed E-state index contributed by atoms with van der Waals surface area (Å²) in [6.45, 7) is 8.69. The SMILES string of the molecule is CCCCCCCCCCCCCCC=CC(CC(=O)Oc1c2ccccc2cc2cccc(C(C)(C)C)c12)C(=O)O. The van der Waals surface area contributed by atoms with Crippen molar-refractivity contribution in [3.05, 3.63) is 66.2 Å². The number of ether oxygens (including phenoxy) is 1. The Morgan fingerprint density at radius 2 is 1.40 bits per heavy atom. The molecular formula is C38H52O4. The van der Waals surface area contributed by atoms with Crippen molar-refractivity contribution in [1.29, 1.82) is 0 Å². The van der Waals surface area contributed by atoms with Gasteiger partial charge in [0.15, 0.2) is 0 Å². The van der Waals surface area contributed by atoms with Crippen LogP contribution in [0.5, 0.6) is 5.75 Å². The van der Waals surface area contributed by atoms with Gasteiger partial charge >= 0.3 is 11.9 Å². The summed E-state index contributed by atoms with van der Waals surface area (Å²) in [6.07, 6.45) is 19.8. The average Bonchev–Trinajstić information content (AvgIpc) is 2.95. The number of allylic oxidation sites excluding steroid dienone is 1. The van der Waals surface area contributed by atoms with Crippen LogP contribution in [-0.4, -0.2) is 17.0 Å². The van der Waals surface area contributed by atoms with E-state index in [9.17, 15) is 14.7 Å². The number of carboxylic acids is 1. The highest BCUT2D eigenvalue weighted by Gasteiger charge is 2.24. The molecule has 1 unspecified atom stereocenters. The lowest BCUT2D eigenvalue weighted by atomic mass is 9.82. The summed E-state index contributed by atoms with van der Waals surface area (Å²) in [4.78, 5) is 25.2. The fourth-order valence-corrected chi connectivity index (χ4v) is 5.74. The highest BCUT2D eigenvalue weighted by Crippen LogP contribution is 2.41. The van der Waals surface area contributed by atoms with Gasteiger partial charge in [-0.25, -0.2) is 0 Å². The number of esters is 1. The van der Waals surface area contributed by atoms with E-state index in [-0.39, 0.29) is 11.8 Å². The van der Waals surface area contributed by atoms with Crippen molar-refractivity contribution in [3.63, 3.8) is 0 Å². The molecular weight excluding hydrogens is 520 g/mol. The zero-order chi connectivity index (χ0) is 30.4. The molecule has 0 aromatic heterocycles. The van der Waals surface area contributed by atoms with Crippen molar-refractivity contribution in [2.75, 3.05) is 0 Å². The van der Waals surface area contributed by atoms with E-state index in [1.165, 1.54) is 64.2 Å². The molecule has 228 valence electrons. The summed E-state index contributed by atoms with van der Waals surface area (Å²) in [5.74, 6) is -1.92. The fraction of sp³-hybridized carbons (Fsp3) is 0.526. The van der Waals surface area contributed by atoms with E-state index in [2.05, 4.69) is 39.8 Å². The Labute approximate surface area is 253 Å². The van der Waals surface area contributed by atoms with E-state index in [1.54, 1.807) is 6.08 Å². The monoisotopic (exact) mass is 572 g/mol. The van der Waals surface area contributed by atoms with Crippen LogP contribution in [0.25, 0.3) is 21.5 Å². The van der Waals surface area contributed by atoms with Crippen LogP contribution in [0, 0.1) is 5.92 Å². The smallest absolute Gasteiger partial charge is 0.312 e. The molecule has 0 saturated carbocycles. The normalized spacial score (nSPS) is 12.8. The molecule has 0 radical (unpaired) electrons. The van der Waals surface area contributed by atoms with Crippen LogP contribution in [0.2, 0.25) is 0 Å². The first-order valence-electron chi connectivity index (χ1n) is 16.3. The summed E-state index contributed by atoms with van der Waals surface area (Å²) >= 11 is 0. The van der Waals surface area contributed by atoms with Crippen LogP contribution in [0.3, 0.4) is 0 Å². The number of benzene rings is 3. The van der Waals surface area contributed by atoms with Gasteiger partial charge in [-0.05, 0) is 40.7 Å². The van der Waals surface area contributed by atoms with E-state index in [1.807, 2.05) is 42.5 Å². The van der Waals surface area contributed by atoms with E-state index in [0.29, 0.717) is 5.75 Å². The Morgan fingerprint density at radius 1 is 0.810 bits per heavy atom. The molecule has 3 aromatic rings. The maximum Gasteiger partial charge on any atom is 0.312 e. The highest BCUT2D eigenvalue weighted by atomic mass is 16.5. The molecule has 3 aromatic carbocycles.